The number of rotatable bonds is 5. The first kappa shape index (κ1) is 13.0. The summed E-state index contributed by atoms with van der Waals surface area (Å²) in [6.07, 6.45) is 0.764. The van der Waals surface area contributed by atoms with E-state index in [-0.39, 0.29) is 6.61 Å². The highest BCUT2D eigenvalue weighted by molar-refractivity contribution is 4.89. The lowest BCUT2D eigenvalue weighted by Crippen LogP contribution is -2.20. The van der Waals surface area contributed by atoms with Crippen LogP contribution in [0.5, 0.6) is 0 Å². The van der Waals surface area contributed by atoms with E-state index in [9.17, 15) is 0 Å². The molecule has 1 fully saturated rings. The average Bonchev–Trinajstić information content (AvgIpc) is 2.41. The third kappa shape index (κ3) is 2.94. The van der Waals surface area contributed by atoms with Gasteiger partial charge in [-0.15, -0.1) is 0 Å². The van der Waals surface area contributed by atoms with Gasteiger partial charge in [-0.1, -0.05) is 27.7 Å². The number of hydrogen-bond acceptors (Lipinski definition) is 2. The van der Waals surface area contributed by atoms with Gasteiger partial charge in [0.2, 0.25) is 0 Å². The minimum absolute atomic E-state index is 0.239. The number of ether oxygens (including phenoxy) is 1. The van der Waals surface area contributed by atoms with E-state index in [4.69, 9.17) is 9.84 Å². The van der Waals surface area contributed by atoms with Gasteiger partial charge in [0.1, 0.15) is 0 Å². The summed E-state index contributed by atoms with van der Waals surface area (Å²) in [5.74, 6) is 3.86. The Kier molecular flexibility index (Phi) is 5.07. The van der Waals surface area contributed by atoms with Crippen LogP contribution in [0, 0.1) is 29.6 Å². The minimum Gasteiger partial charge on any atom is -0.396 e. The predicted octanol–water partition coefficient (Wildman–Crippen LogP) is 2.56. The summed E-state index contributed by atoms with van der Waals surface area (Å²) < 4.78 is 5.64. The van der Waals surface area contributed by atoms with Crippen molar-refractivity contribution < 1.29 is 9.84 Å². The zero-order chi connectivity index (χ0) is 11.4. The zero-order valence-electron chi connectivity index (χ0n) is 10.6. The third-order valence-electron chi connectivity index (χ3n) is 4.60. The lowest BCUT2D eigenvalue weighted by Gasteiger charge is -2.21. The Hall–Kier alpha value is -0.0800. The molecule has 15 heavy (non-hydrogen) atoms. The molecule has 0 aliphatic heterocycles. The Bertz CT molecular complexity index is 167. The molecule has 1 N–H and O–H groups in total. The monoisotopic (exact) mass is 214 g/mol. The molecule has 2 heteroatoms. The van der Waals surface area contributed by atoms with Gasteiger partial charge in [-0.05, 0) is 36.0 Å². The maximum absolute atomic E-state index is 8.67. The van der Waals surface area contributed by atoms with Crippen molar-refractivity contribution in [2.24, 2.45) is 29.6 Å². The standard InChI is InChI=1S/C13H26O2/c1-9-10(2)12(4)13(11(9)3)8-15-7-5-6-14/h9-14H,5-8H2,1-4H3/t9-,10?,11?,12?,13?/m0/s1. The van der Waals surface area contributed by atoms with Crippen molar-refractivity contribution in [3.8, 4) is 0 Å². The van der Waals surface area contributed by atoms with E-state index < -0.39 is 0 Å². The molecule has 0 aromatic rings. The summed E-state index contributed by atoms with van der Waals surface area (Å²) in [7, 11) is 0. The second-order valence-corrected chi connectivity index (χ2v) is 5.25. The van der Waals surface area contributed by atoms with Gasteiger partial charge >= 0.3 is 0 Å². The third-order valence-corrected chi connectivity index (χ3v) is 4.60. The number of aliphatic hydroxyl groups is 1. The summed E-state index contributed by atoms with van der Waals surface area (Å²) in [5, 5.41) is 8.67. The molecule has 0 aromatic heterocycles. The quantitative estimate of drug-likeness (QED) is 0.713. The molecule has 0 saturated heterocycles. The SMILES string of the molecule is CC1C(COCCCO)C(C)[C@@H](C)C1C. The molecule has 0 heterocycles. The first-order valence-electron chi connectivity index (χ1n) is 6.28. The second-order valence-electron chi connectivity index (χ2n) is 5.25. The van der Waals surface area contributed by atoms with Crippen molar-refractivity contribution in [3.05, 3.63) is 0 Å². The largest absolute Gasteiger partial charge is 0.396 e. The van der Waals surface area contributed by atoms with Crippen LogP contribution in [0.25, 0.3) is 0 Å². The maximum atomic E-state index is 8.67. The Morgan fingerprint density at radius 3 is 1.93 bits per heavy atom. The molecule has 0 bridgehead atoms. The van der Waals surface area contributed by atoms with Crippen molar-refractivity contribution >= 4 is 0 Å². The summed E-state index contributed by atoms with van der Waals surface area (Å²) >= 11 is 0. The molecular weight excluding hydrogens is 188 g/mol. The van der Waals surface area contributed by atoms with E-state index >= 15 is 0 Å². The van der Waals surface area contributed by atoms with Gasteiger partial charge in [0.05, 0.1) is 0 Å². The van der Waals surface area contributed by atoms with Gasteiger partial charge in [0, 0.05) is 19.8 Å². The van der Waals surface area contributed by atoms with Crippen molar-refractivity contribution in [2.75, 3.05) is 19.8 Å². The number of aliphatic hydroxyl groups excluding tert-OH is 1. The Morgan fingerprint density at radius 1 is 0.933 bits per heavy atom. The normalized spacial score (nSPS) is 41.0. The molecular formula is C13H26O2. The van der Waals surface area contributed by atoms with Crippen molar-refractivity contribution in [3.63, 3.8) is 0 Å². The van der Waals surface area contributed by atoms with Crippen LogP contribution in [0.2, 0.25) is 0 Å². The van der Waals surface area contributed by atoms with Crippen LogP contribution in [0.15, 0.2) is 0 Å². The highest BCUT2D eigenvalue weighted by atomic mass is 16.5. The van der Waals surface area contributed by atoms with E-state index in [2.05, 4.69) is 27.7 Å². The lowest BCUT2D eigenvalue weighted by molar-refractivity contribution is 0.0616. The summed E-state index contributed by atoms with van der Waals surface area (Å²) in [6.45, 7) is 11.2. The Morgan fingerprint density at radius 2 is 1.47 bits per heavy atom. The van der Waals surface area contributed by atoms with E-state index in [1.807, 2.05) is 0 Å². The Balaban J connectivity index is 2.34. The van der Waals surface area contributed by atoms with Crippen LogP contribution in [0.1, 0.15) is 34.1 Å². The smallest absolute Gasteiger partial charge is 0.0499 e. The van der Waals surface area contributed by atoms with E-state index in [1.54, 1.807) is 0 Å². The van der Waals surface area contributed by atoms with Crippen molar-refractivity contribution in [2.45, 2.75) is 34.1 Å². The summed E-state index contributed by atoms with van der Waals surface area (Å²) in [4.78, 5) is 0. The molecule has 0 spiro atoms. The topological polar surface area (TPSA) is 29.5 Å². The van der Waals surface area contributed by atoms with Crippen LogP contribution < -0.4 is 0 Å². The van der Waals surface area contributed by atoms with Gasteiger partial charge < -0.3 is 9.84 Å². The van der Waals surface area contributed by atoms with Gasteiger partial charge in [0.25, 0.3) is 0 Å². The Labute approximate surface area is 94.0 Å². The van der Waals surface area contributed by atoms with E-state index in [1.165, 1.54) is 0 Å². The molecule has 90 valence electrons. The lowest BCUT2D eigenvalue weighted by atomic mass is 9.90. The minimum atomic E-state index is 0.239. The highest BCUT2D eigenvalue weighted by Crippen LogP contribution is 2.45. The molecule has 4 unspecified atom stereocenters. The van der Waals surface area contributed by atoms with Crippen LogP contribution in [-0.4, -0.2) is 24.9 Å². The van der Waals surface area contributed by atoms with Gasteiger partial charge in [-0.2, -0.15) is 0 Å². The molecule has 5 atom stereocenters. The molecule has 2 nitrogen and oxygen atoms in total. The van der Waals surface area contributed by atoms with Gasteiger partial charge in [-0.3, -0.25) is 0 Å². The molecule has 0 amide bonds. The van der Waals surface area contributed by atoms with Crippen molar-refractivity contribution in [1.29, 1.82) is 0 Å². The highest BCUT2D eigenvalue weighted by Gasteiger charge is 2.41. The summed E-state index contributed by atoms with van der Waals surface area (Å²) in [5.41, 5.74) is 0. The average molecular weight is 214 g/mol. The van der Waals surface area contributed by atoms with Crippen LogP contribution in [0.4, 0.5) is 0 Å². The number of hydrogen-bond donors (Lipinski definition) is 1. The molecule has 0 radical (unpaired) electrons. The van der Waals surface area contributed by atoms with Crippen molar-refractivity contribution in [1.82, 2.24) is 0 Å². The van der Waals surface area contributed by atoms with E-state index in [0.29, 0.717) is 12.5 Å². The molecule has 1 saturated carbocycles. The fraction of sp³-hybridized carbons (Fsp3) is 1.00. The first-order valence-corrected chi connectivity index (χ1v) is 6.28. The molecule has 1 aliphatic rings. The van der Waals surface area contributed by atoms with Gasteiger partial charge in [0.15, 0.2) is 0 Å². The fourth-order valence-corrected chi connectivity index (χ4v) is 2.91. The predicted molar refractivity (Wildman–Crippen MR) is 62.7 cm³/mol. The maximum Gasteiger partial charge on any atom is 0.0499 e. The second kappa shape index (κ2) is 5.86. The zero-order valence-corrected chi connectivity index (χ0v) is 10.6. The first-order chi connectivity index (χ1) is 7.09. The van der Waals surface area contributed by atoms with Crippen LogP contribution in [-0.2, 0) is 4.74 Å². The molecule has 1 rings (SSSR count). The van der Waals surface area contributed by atoms with Crippen LogP contribution in [0.3, 0.4) is 0 Å². The van der Waals surface area contributed by atoms with Gasteiger partial charge in [-0.25, -0.2) is 0 Å². The van der Waals surface area contributed by atoms with E-state index in [0.717, 1.165) is 36.7 Å². The molecule has 0 aromatic carbocycles. The van der Waals surface area contributed by atoms with Crippen LogP contribution >= 0.6 is 0 Å². The fourth-order valence-electron chi connectivity index (χ4n) is 2.91. The molecule has 1 aliphatic carbocycles. The summed E-state index contributed by atoms with van der Waals surface area (Å²) in [6, 6.07) is 0.